The van der Waals surface area contributed by atoms with Crippen molar-refractivity contribution in [1.29, 1.82) is 0 Å². The third-order valence-corrected chi connectivity index (χ3v) is 5.16. The molecule has 1 heterocycles. The maximum absolute atomic E-state index is 12.5. The van der Waals surface area contributed by atoms with Crippen LogP contribution in [0.5, 0.6) is 0 Å². The van der Waals surface area contributed by atoms with Gasteiger partial charge < -0.3 is 10.6 Å². The summed E-state index contributed by atoms with van der Waals surface area (Å²) in [6.45, 7) is 1.28. The summed E-state index contributed by atoms with van der Waals surface area (Å²) in [6.07, 6.45) is 1.03. The molecule has 134 valence electrons. The molecule has 0 spiro atoms. The summed E-state index contributed by atoms with van der Waals surface area (Å²) in [4.78, 5) is 14.4. The molecule has 0 saturated carbocycles. The lowest BCUT2D eigenvalue weighted by molar-refractivity contribution is -0.130. The lowest BCUT2D eigenvalue weighted by Gasteiger charge is -2.17. The molecule has 1 amide bonds. The minimum Gasteiger partial charge on any atom is -0.340 e. The molecule has 3 nitrogen and oxygen atoms in total. The lowest BCUT2D eigenvalue weighted by atomic mass is 9.95. The normalized spacial score (nSPS) is 19.6. The van der Waals surface area contributed by atoms with Crippen LogP contribution in [-0.2, 0) is 11.2 Å². The van der Waals surface area contributed by atoms with E-state index in [1.54, 1.807) is 12.1 Å². The molecule has 2 aromatic rings. The number of hydrogen-bond acceptors (Lipinski definition) is 2. The summed E-state index contributed by atoms with van der Waals surface area (Å²) in [6, 6.07) is 15.5. The molecule has 1 aliphatic heterocycles. The zero-order chi connectivity index (χ0) is 17.1. The van der Waals surface area contributed by atoms with Crippen LogP contribution in [-0.4, -0.2) is 29.9 Å². The van der Waals surface area contributed by atoms with Crippen LogP contribution in [0.4, 0.5) is 0 Å². The molecular formula is C19H21Cl3N2O. The van der Waals surface area contributed by atoms with Gasteiger partial charge in [-0.3, -0.25) is 4.79 Å². The molecule has 2 aromatic carbocycles. The van der Waals surface area contributed by atoms with E-state index in [1.165, 1.54) is 5.56 Å². The van der Waals surface area contributed by atoms with Gasteiger partial charge in [0.05, 0.1) is 0 Å². The lowest BCUT2D eigenvalue weighted by Crippen LogP contribution is -2.32. The van der Waals surface area contributed by atoms with Crippen molar-refractivity contribution in [2.24, 2.45) is 5.73 Å². The third kappa shape index (κ3) is 4.89. The fourth-order valence-electron chi connectivity index (χ4n) is 3.21. The van der Waals surface area contributed by atoms with Crippen molar-refractivity contribution < 1.29 is 4.79 Å². The summed E-state index contributed by atoms with van der Waals surface area (Å²) < 4.78 is 0. The van der Waals surface area contributed by atoms with Gasteiger partial charge in [0.25, 0.3) is 0 Å². The maximum atomic E-state index is 12.5. The molecule has 2 atom stereocenters. The van der Waals surface area contributed by atoms with Crippen molar-refractivity contribution in [2.45, 2.75) is 24.8 Å². The van der Waals surface area contributed by atoms with Crippen LogP contribution in [0.15, 0.2) is 48.5 Å². The highest BCUT2D eigenvalue weighted by Gasteiger charge is 2.33. The van der Waals surface area contributed by atoms with Crippen LogP contribution >= 0.6 is 35.6 Å². The first kappa shape index (κ1) is 20.1. The van der Waals surface area contributed by atoms with Crippen LogP contribution in [0, 0.1) is 0 Å². The number of likely N-dealkylation sites (tertiary alicyclic amines) is 1. The highest BCUT2D eigenvalue weighted by atomic mass is 35.5. The zero-order valence-corrected chi connectivity index (χ0v) is 16.0. The largest absolute Gasteiger partial charge is 0.340 e. The van der Waals surface area contributed by atoms with E-state index in [2.05, 4.69) is 12.1 Å². The Balaban J connectivity index is 0.00000225. The molecular weight excluding hydrogens is 379 g/mol. The first-order valence-corrected chi connectivity index (χ1v) is 8.82. The van der Waals surface area contributed by atoms with Gasteiger partial charge in [-0.2, -0.15) is 0 Å². The summed E-state index contributed by atoms with van der Waals surface area (Å²) in [7, 11) is 0. The fourth-order valence-corrected chi connectivity index (χ4v) is 3.71. The predicted molar refractivity (Wildman–Crippen MR) is 106 cm³/mol. The molecule has 0 aliphatic carbocycles. The Morgan fingerprint density at radius 3 is 2.52 bits per heavy atom. The third-order valence-electron chi connectivity index (χ3n) is 4.57. The molecule has 25 heavy (non-hydrogen) atoms. The van der Waals surface area contributed by atoms with Gasteiger partial charge in [0.1, 0.15) is 0 Å². The highest BCUT2D eigenvalue weighted by Crippen LogP contribution is 2.27. The Labute approximate surface area is 164 Å². The molecule has 1 saturated heterocycles. The zero-order valence-electron chi connectivity index (χ0n) is 13.7. The SMILES string of the molecule is Cl.N[C@@H]1CN(C(=O)CCc2ccc(Cl)cc2Cl)C[C@H]1c1ccccc1. The summed E-state index contributed by atoms with van der Waals surface area (Å²) in [5.41, 5.74) is 8.40. The number of carbonyl (C=O) groups excluding carboxylic acids is 1. The Kier molecular flexibility index (Phi) is 7.14. The van der Waals surface area contributed by atoms with Crippen LogP contribution in [0.25, 0.3) is 0 Å². The van der Waals surface area contributed by atoms with Crippen molar-refractivity contribution >= 4 is 41.5 Å². The molecule has 6 heteroatoms. The van der Waals surface area contributed by atoms with E-state index < -0.39 is 0 Å². The summed E-state index contributed by atoms with van der Waals surface area (Å²) >= 11 is 12.1. The van der Waals surface area contributed by atoms with Gasteiger partial charge >= 0.3 is 0 Å². The van der Waals surface area contributed by atoms with Crippen molar-refractivity contribution in [3.05, 3.63) is 69.7 Å². The topological polar surface area (TPSA) is 46.3 Å². The monoisotopic (exact) mass is 398 g/mol. The fraction of sp³-hybridized carbons (Fsp3) is 0.316. The minimum atomic E-state index is -0.0181. The summed E-state index contributed by atoms with van der Waals surface area (Å²) in [5.74, 6) is 0.323. The van der Waals surface area contributed by atoms with Gasteiger partial charge in [-0.1, -0.05) is 59.6 Å². The standard InChI is InChI=1S/C19H20Cl2N2O.ClH/c20-15-8-6-14(17(21)10-15)7-9-19(24)23-11-16(18(22)12-23)13-4-2-1-3-5-13;/h1-6,8,10,16,18H,7,9,11-12,22H2;1H/t16-,18+;/m0./s1. The quantitative estimate of drug-likeness (QED) is 0.833. The van der Waals surface area contributed by atoms with Gasteiger partial charge in [0, 0.05) is 41.5 Å². The van der Waals surface area contributed by atoms with Crippen LogP contribution in [0.1, 0.15) is 23.5 Å². The first-order chi connectivity index (χ1) is 11.5. The average molecular weight is 400 g/mol. The number of amides is 1. The maximum Gasteiger partial charge on any atom is 0.222 e. The van der Waals surface area contributed by atoms with Crippen molar-refractivity contribution in [3.8, 4) is 0 Å². The number of nitrogens with two attached hydrogens (primary N) is 1. The van der Waals surface area contributed by atoms with Gasteiger partial charge in [0.15, 0.2) is 0 Å². The number of rotatable bonds is 4. The van der Waals surface area contributed by atoms with E-state index in [4.69, 9.17) is 28.9 Å². The molecule has 0 unspecified atom stereocenters. The van der Waals surface area contributed by atoms with Crippen LogP contribution in [0.3, 0.4) is 0 Å². The van der Waals surface area contributed by atoms with E-state index in [0.717, 1.165) is 5.56 Å². The number of aryl methyl sites for hydroxylation is 1. The van der Waals surface area contributed by atoms with Gasteiger partial charge in [-0.15, -0.1) is 12.4 Å². The highest BCUT2D eigenvalue weighted by molar-refractivity contribution is 6.35. The van der Waals surface area contributed by atoms with Crippen LogP contribution in [0.2, 0.25) is 10.0 Å². The number of nitrogens with zero attached hydrogens (tertiary/aromatic N) is 1. The molecule has 0 aromatic heterocycles. The number of halogens is 3. The second-order valence-corrected chi connectivity index (χ2v) is 7.06. The predicted octanol–water partition coefficient (Wildman–Crippen LogP) is 4.30. The Morgan fingerprint density at radius 1 is 1.12 bits per heavy atom. The molecule has 1 fully saturated rings. The van der Waals surface area contributed by atoms with Crippen molar-refractivity contribution in [3.63, 3.8) is 0 Å². The second-order valence-electron chi connectivity index (χ2n) is 6.22. The molecule has 0 radical (unpaired) electrons. The van der Waals surface area contributed by atoms with Gasteiger partial charge in [-0.05, 0) is 29.7 Å². The van der Waals surface area contributed by atoms with Gasteiger partial charge in [0.2, 0.25) is 5.91 Å². The van der Waals surface area contributed by atoms with Crippen molar-refractivity contribution in [2.75, 3.05) is 13.1 Å². The van der Waals surface area contributed by atoms with E-state index in [-0.39, 0.29) is 30.3 Å². The Morgan fingerprint density at radius 2 is 1.84 bits per heavy atom. The summed E-state index contributed by atoms with van der Waals surface area (Å²) in [5, 5.41) is 1.21. The molecule has 3 rings (SSSR count). The van der Waals surface area contributed by atoms with E-state index in [9.17, 15) is 4.79 Å². The molecule has 2 N–H and O–H groups in total. The molecule has 1 aliphatic rings. The van der Waals surface area contributed by atoms with Gasteiger partial charge in [-0.25, -0.2) is 0 Å². The van der Waals surface area contributed by atoms with E-state index in [1.807, 2.05) is 29.2 Å². The minimum absolute atomic E-state index is 0. The number of carbonyl (C=O) groups is 1. The Hall–Kier alpha value is -1.26. The first-order valence-electron chi connectivity index (χ1n) is 8.07. The van der Waals surface area contributed by atoms with E-state index >= 15 is 0 Å². The van der Waals surface area contributed by atoms with Crippen molar-refractivity contribution in [1.82, 2.24) is 4.90 Å². The average Bonchev–Trinajstić information content (AvgIpc) is 2.96. The van der Waals surface area contributed by atoms with Crippen LogP contribution < -0.4 is 5.73 Å². The number of benzene rings is 2. The number of hydrogen-bond donors (Lipinski definition) is 1. The van der Waals surface area contributed by atoms with E-state index in [0.29, 0.717) is 36.0 Å². The molecule has 0 bridgehead atoms. The smallest absolute Gasteiger partial charge is 0.222 e. The Bertz CT molecular complexity index is 724. The second kappa shape index (κ2) is 8.91.